The molecule has 0 fully saturated rings. The van der Waals surface area contributed by atoms with Gasteiger partial charge in [-0.2, -0.15) is 0 Å². The first-order chi connectivity index (χ1) is 8.93. The predicted octanol–water partition coefficient (Wildman–Crippen LogP) is 2.86. The first-order valence-corrected chi connectivity index (χ1v) is 6.20. The average Bonchev–Trinajstić information content (AvgIpc) is 3.04. The van der Waals surface area contributed by atoms with Crippen LogP contribution >= 0.6 is 0 Å². The Hall–Kier alpha value is -2.16. The van der Waals surface area contributed by atoms with Crippen molar-refractivity contribution in [3.05, 3.63) is 59.7 Å². The van der Waals surface area contributed by atoms with Crippen molar-refractivity contribution in [2.24, 2.45) is 4.99 Å². The molecular weight excluding hydrogens is 222 g/mol. The van der Waals surface area contributed by atoms with Gasteiger partial charge in [0.2, 0.25) is 0 Å². The van der Waals surface area contributed by atoms with Crippen molar-refractivity contribution in [3.8, 4) is 0 Å². The molecule has 0 spiro atoms. The summed E-state index contributed by atoms with van der Waals surface area (Å²) in [4.78, 5) is 11.5. The average molecular weight is 237 g/mol. The van der Waals surface area contributed by atoms with Crippen LogP contribution in [0.25, 0.3) is 5.57 Å². The van der Waals surface area contributed by atoms with E-state index in [1.165, 1.54) is 16.7 Å². The molecule has 0 radical (unpaired) electrons. The fourth-order valence-corrected chi connectivity index (χ4v) is 2.28. The number of imidazole rings is 1. The first kappa shape index (κ1) is 11.0. The number of benzene rings is 1. The first-order valence-electron chi connectivity index (χ1n) is 6.20. The molecule has 0 aliphatic heterocycles. The number of rotatable bonds is 4. The number of aliphatic imine (C=N–C) groups is 1. The van der Waals surface area contributed by atoms with Crippen molar-refractivity contribution in [1.82, 2.24) is 9.97 Å². The lowest BCUT2D eigenvalue weighted by atomic mass is 10.0. The Bertz CT molecular complexity index is 580. The number of hydrogen-bond acceptors (Lipinski definition) is 2. The van der Waals surface area contributed by atoms with Gasteiger partial charge in [0.05, 0.1) is 6.21 Å². The van der Waals surface area contributed by atoms with E-state index in [2.05, 4.69) is 45.3 Å². The minimum absolute atomic E-state index is 0.806. The molecule has 3 nitrogen and oxygen atoms in total. The normalized spacial score (nSPS) is 13.9. The molecule has 1 aromatic carbocycles. The quantitative estimate of drug-likeness (QED) is 0.816. The summed E-state index contributed by atoms with van der Waals surface area (Å²) in [5.41, 5.74) is 4.25. The third-order valence-corrected chi connectivity index (χ3v) is 3.17. The smallest absolute Gasteiger partial charge is 0.147 e. The molecule has 0 unspecified atom stereocenters. The molecule has 1 aliphatic carbocycles. The maximum atomic E-state index is 4.39. The topological polar surface area (TPSA) is 41.0 Å². The lowest BCUT2D eigenvalue weighted by molar-refractivity contribution is 1.02. The van der Waals surface area contributed by atoms with Crippen LogP contribution in [-0.4, -0.2) is 22.7 Å². The van der Waals surface area contributed by atoms with Gasteiger partial charge in [-0.3, -0.25) is 4.99 Å². The van der Waals surface area contributed by atoms with Crippen molar-refractivity contribution in [1.29, 1.82) is 0 Å². The third kappa shape index (κ3) is 2.25. The molecule has 1 heterocycles. The second-order valence-corrected chi connectivity index (χ2v) is 4.35. The van der Waals surface area contributed by atoms with Gasteiger partial charge in [-0.05, 0) is 29.5 Å². The van der Waals surface area contributed by atoms with Gasteiger partial charge in [0.25, 0.3) is 0 Å². The highest BCUT2D eigenvalue weighted by molar-refractivity contribution is 5.75. The number of nitrogens with zero attached hydrogens (tertiary/aromatic N) is 2. The number of fused-ring (bicyclic) bond motifs is 1. The van der Waals surface area contributed by atoms with E-state index in [1.807, 2.05) is 0 Å². The number of allylic oxidation sites excluding steroid dienone is 1. The summed E-state index contributed by atoms with van der Waals surface area (Å²) in [6.07, 6.45) is 9.70. The molecule has 0 amide bonds. The van der Waals surface area contributed by atoms with Gasteiger partial charge in [-0.1, -0.05) is 30.3 Å². The molecule has 0 saturated heterocycles. The van der Waals surface area contributed by atoms with Crippen molar-refractivity contribution in [2.75, 3.05) is 6.54 Å². The predicted molar refractivity (Wildman–Crippen MR) is 73.8 cm³/mol. The number of hydrogen-bond donors (Lipinski definition) is 1. The summed E-state index contributed by atoms with van der Waals surface area (Å²) in [7, 11) is 0. The zero-order valence-electron chi connectivity index (χ0n) is 10.1. The molecule has 0 atom stereocenters. The Balaban J connectivity index is 1.59. The van der Waals surface area contributed by atoms with Crippen LogP contribution in [0.2, 0.25) is 0 Å². The Morgan fingerprint density at radius 3 is 3.17 bits per heavy atom. The zero-order valence-corrected chi connectivity index (χ0v) is 10.1. The van der Waals surface area contributed by atoms with Gasteiger partial charge in [0.1, 0.15) is 5.82 Å². The Kier molecular flexibility index (Phi) is 3.05. The summed E-state index contributed by atoms with van der Waals surface area (Å²) in [6, 6.07) is 8.60. The number of aromatic nitrogens is 2. The number of aromatic amines is 1. The molecule has 2 aromatic rings. The second-order valence-electron chi connectivity index (χ2n) is 4.35. The molecule has 90 valence electrons. The van der Waals surface area contributed by atoms with E-state index in [4.69, 9.17) is 0 Å². The summed E-state index contributed by atoms with van der Waals surface area (Å²) in [5, 5.41) is 0. The molecule has 1 N–H and O–H groups in total. The third-order valence-electron chi connectivity index (χ3n) is 3.17. The summed E-state index contributed by atoms with van der Waals surface area (Å²) < 4.78 is 0. The van der Waals surface area contributed by atoms with Gasteiger partial charge in [0, 0.05) is 18.9 Å². The van der Waals surface area contributed by atoms with Crippen LogP contribution in [0, 0.1) is 0 Å². The van der Waals surface area contributed by atoms with Gasteiger partial charge in [-0.15, -0.1) is 0 Å². The molecule has 0 saturated carbocycles. The van der Waals surface area contributed by atoms with Gasteiger partial charge in [-0.25, -0.2) is 4.98 Å². The van der Waals surface area contributed by atoms with Crippen molar-refractivity contribution in [2.45, 2.75) is 12.8 Å². The fourth-order valence-electron chi connectivity index (χ4n) is 2.28. The lowest BCUT2D eigenvalue weighted by Crippen LogP contribution is -1.89. The zero-order chi connectivity index (χ0) is 12.2. The summed E-state index contributed by atoms with van der Waals surface area (Å²) in [5.74, 6) is 0.816. The molecule has 1 aliphatic rings. The molecule has 1 aromatic heterocycles. The Labute approximate surface area is 106 Å². The van der Waals surface area contributed by atoms with Crippen LogP contribution in [0.1, 0.15) is 23.4 Å². The van der Waals surface area contributed by atoms with Crippen LogP contribution in [0.5, 0.6) is 0 Å². The Morgan fingerprint density at radius 1 is 1.33 bits per heavy atom. The minimum Gasteiger partial charge on any atom is -0.344 e. The van der Waals surface area contributed by atoms with Crippen LogP contribution < -0.4 is 0 Å². The monoisotopic (exact) mass is 237 g/mol. The van der Waals surface area contributed by atoms with E-state index in [0.717, 1.165) is 25.2 Å². The highest BCUT2D eigenvalue weighted by Crippen LogP contribution is 2.29. The lowest BCUT2D eigenvalue weighted by Gasteiger charge is -2.03. The molecule has 0 bridgehead atoms. The highest BCUT2D eigenvalue weighted by atomic mass is 14.9. The van der Waals surface area contributed by atoms with Crippen molar-refractivity contribution >= 4 is 11.8 Å². The highest BCUT2D eigenvalue weighted by Gasteiger charge is 2.11. The van der Waals surface area contributed by atoms with Crippen LogP contribution in [0.15, 0.2) is 47.7 Å². The van der Waals surface area contributed by atoms with E-state index >= 15 is 0 Å². The SMILES string of the molecule is C(=NCCC1=CCc2ccccc21)c1ncc[nH]1. The van der Waals surface area contributed by atoms with Crippen molar-refractivity contribution < 1.29 is 0 Å². The van der Waals surface area contributed by atoms with Crippen molar-refractivity contribution in [3.63, 3.8) is 0 Å². The summed E-state index contributed by atoms with van der Waals surface area (Å²) >= 11 is 0. The van der Waals surface area contributed by atoms with Crippen LogP contribution in [0.3, 0.4) is 0 Å². The number of nitrogens with one attached hydrogen (secondary N) is 1. The molecule has 3 heteroatoms. The van der Waals surface area contributed by atoms with Gasteiger partial charge in [0.15, 0.2) is 0 Å². The number of H-pyrrole nitrogens is 1. The minimum atomic E-state index is 0.806. The largest absolute Gasteiger partial charge is 0.344 e. The van der Waals surface area contributed by atoms with E-state index < -0.39 is 0 Å². The standard InChI is InChI=1S/C15H15N3/c1-2-4-14-12(3-1)5-6-13(14)7-8-16-11-15-17-9-10-18-15/h1-4,6,9-11H,5,7-8H2,(H,17,18). The molecule has 18 heavy (non-hydrogen) atoms. The van der Waals surface area contributed by atoms with Gasteiger partial charge >= 0.3 is 0 Å². The van der Waals surface area contributed by atoms with E-state index in [9.17, 15) is 0 Å². The molecule has 3 rings (SSSR count). The van der Waals surface area contributed by atoms with E-state index in [1.54, 1.807) is 18.6 Å². The summed E-state index contributed by atoms with van der Waals surface area (Å²) in [6.45, 7) is 0.806. The van der Waals surface area contributed by atoms with E-state index in [0.29, 0.717) is 0 Å². The van der Waals surface area contributed by atoms with E-state index in [-0.39, 0.29) is 0 Å². The maximum Gasteiger partial charge on any atom is 0.147 e. The van der Waals surface area contributed by atoms with Crippen LogP contribution in [-0.2, 0) is 6.42 Å². The van der Waals surface area contributed by atoms with Crippen LogP contribution in [0.4, 0.5) is 0 Å². The fraction of sp³-hybridized carbons (Fsp3) is 0.200. The maximum absolute atomic E-state index is 4.39. The second kappa shape index (κ2) is 5.00. The van der Waals surface area contributed by atoms with Gasteiger partial charge < -0.3 is 4.98 Å². The molecular formula is C15H15N3. The Morgan fingerprint density at radius 2 is 2.28 bits per heavy atom.